The molecule has 0 bridgehead atoms. The van der Waals surface area contributed by atoms with E-state index in [1.165, 1.54) is 17.5 Å². The van der Waals surface area contributed by atoms with Crippen LogP contribution >= 0.6 is 11.3 Å². The highest BCUT2D eigenvalue weighted by Crippen LogP contribution is 2.11. The highest BCUT2D eigenvalue weighted by Gasteiger charge is 2.14. The summed E-state index contributed by atoms with van der Waals surface area (Å²) in [6.07, 6.45) is 1.02. The van der Waals surface area contributed by atoms with Gasteiger partial charge in [-0.1, -0.05) is 0 Å². The molecule has 1 amide bonds. The first-order chi connectivity index (χ1) is 10.7. The van der Waals surface area contributed by atoms with Crippen molar-refractivity contribution in [2.45, 2.75) is 13.1 Å². The molecule has 2 rings (SSSR count). The SMILES string of the molecule is CS(=O)(=O)NCc1ccc(C(=O)NCc2nc(C(=O)O)cs2)o1. The Hall–Kier alpha value is -2.24. The molecule has 0 spiro atoms. The van der Waals surface area contributed by atoms with Crippen LogP contribution in [0.1, 0.15) is 31.8 Å². The van der Waals surface area contributed by atoms with Crippen molar-refractivity contribution in [2.75, 3.05) is 6.26 Å². The van der Waals surface area contributed by atoms with Crippen molar-refractivity contribution in [3.8, 4) is 0 Å². The second-order valence-corrected chi connectivity index (χ2v) is 7.25. The molecule has 3 N–H and O–H groups in total. The van der Waals surface area contributed by atoms with Gasteiger partial charge in [0.15, 0.2) is 11.5 Å². The molecule has 0 saturated heterocycles. The number of amides is 1. The fraction of sp³-hybridized carbons (Fsp3) is 0.250. The number of hydrogen-bond acceptors (Lipinski definition) is 7. The Labute approximate surface area is 135 Å². The van der Waals surface area contributed by atoms with Crippen molar-refractivity contribution in [1.82, 2.24) is 15.0 Å². The maximum atomic E-state index is 11.9. The Morgan fingerprint density at radius 2 is 2.09 bits per heavy atom. The summed E-state index contributed by atoms with van der Waals surface area (Å²) in [5, 5.41) is 13.1. The molecule has 0 aliphatic carbocycles. The topological polar surface area (TPSA) is 139 Å². The second-order valence-electron chi connectivity index (χ2n) is 4.47. The van der Waals surface area contributed by atoms with Gasteiger partial charge in [0.1, 0.15) is 10.8 Å². The molecule has 0 unspecified atom stereocenters. The molecule has 0 radical (unpaired) electrons. The Morgan fingerprint density at radius 1 is 1.35 bits per heavy atom. The minimum atomic E-state index is -3.35. The number of thiazole rings is 1. The molecule has 124 valence electrons. The van der Waals surface area contributed by atoms with Crippen LogP contribution < -0.4 is 10.0 Å². The van der Waals surface area contributed by atoms with Crippen LogP contribution in [0.3, 0.4) is 0 Å². The molecule has 9 nitrogen and oxygen atoms in total. The summed E-state index contributed by atoms with van der Waals surface area (Å²) in [6, 6.07) is 2.90. The molecule has 23 heavy (non-hydrogen) atoms. The second kappa shape index (κ2) is 6.89. The Kier molecular flexibility index (Phi) is 5.13. The summed E-state index contributed by atoms with van der Waals surface area (Å²) < 4.78 is 29.4. The number of furan rings is 1. The Morgan fingerprint density at radius 3 is 2.70 bits per heavy atom. The number of nitrogens with one attached hydrogen (secondary N) is 2. The van der Waals surface area contributed by atoms with Gasteiger partial charge in [0.05, 0.1) is 19.3 Å². The number of rotatable bonds is 7. The van der Waals surface area contributed by atoms with Gasteiger partial charge in [0, 0.05) is 5.38 Å². The van der Waals surface area contributed by atoms with Crippen molar-refractivity contribution in [1.29, 1.82) is 0 Å². The van der Waals surface area contributed by atoms with Gasteiger partial charge in [0.25, 0.3) is 5.91 Å². The van der Waals surface area contributed by atoms with Crippen LogP contribution in [0.4, 0.5) is 0 Å². The zero-order valence-corrected chi connectivity index (χ0v) is 13.5. The van der Waals surface area contributed by atoms with E-state index < -0.39 is 21.9 Å². The predicted octanol–water partition coefficient (Wildman–Crippen LogP) is 0.414. The third-order valence-corrected chi connectivity index (χ3v) is 4.08. The maximum absolute atomic E-state index is 11.9. The van der Waals surface area contributed by atoms with E-state index in [1.807, 2.05) is 0 Å². The van der Waals surface area contributed by atoms with E-state index in [0.29, 0.717) is 10.8 Å². The van der Waals surface area contributed by atoms with Crippen LogP contribution in [0.5, 0.6) is 0 Å². The standard InChI is InChI=1S/C12H13N3O6S2/c1-23(19,20)14-4-7-2-3-9(21-7)11(16)13-5-10-15-8(6-22-10)12(17)18/h2-3,6,14H,4-5H2,1H3,(H,13,16)(H,17,18). The summed E-state index contributed by atoms with van der Waals surface area (Å²) in [5.74, 6) is -1.33. The van der Waals surface area contributed by atoms with Crippen LogP contribution in [-0.4, -0.2) is 36.6 Å². The van der Waals surface area contributed by atoms with Crippen molar-refractivity contribution >= 4 is 33.2 Å². The van der Waals surface area contributed by atoms with Crippen molar-refractivity contribution in [3.05, 3.63) is 39.7 Å². The molecule has 0 aromatic carbocycles. The normalized spacial score (nSPS) is 11.3. The highest BCUT2D eigenvalue weighted by molar-refractivity contribution is 7.88. The average Bonchev–Trinajstić information content (AvgIpc) is 3.11. The lowest BCUT2D eigenvalue weighted by atomic mass is 10.4. The van der Waals surface area contributed by atoms with Crippen molar-refractivity contribution < 1.29 is 27.5 Å². The van der Waals surface area contributed by atoms with Gasteiger partial charge in [0.2, 0.25) is 10.0 Å². The number of nitrogens with zero attached hydrogens (tertiary/aromatic N) is 1. The van der Waals surface area contributed by atoms with Gasteiger partial charge in [-0.25, -0.2) is 22.9 Å². The first kappa shape index (κ1) is 17.1. The van der Waals surface area contributed by atoms with E-state index in [-0.39, 0.29) is 24.5 Å². The van der Waals surface area contributed by atoms with Crippen molar-refractivity contribution in [2.24, 2.45) is 0 Å². The zero-order chi connectivity index (χ0) is 17.0. The number of carboxylic acid groups (broad SMARTS) is 1. The highest BCUT2D eigenvalue weighted by atomic mass is 32.2. The monoisotopic (exact) mass is 359 g/mol. The van der Waals surface area contributed by atoms with Crippen LogP contribution in [-0.2, 0) is 23.1 Å². The molecule has 0 aliphatic rings. The molecule has 11 heteroatoms. The number of hydrogen-bond donors (Lipinski definition) is 3. The van der Waals surface area contributed by atoms with E-state index >= 15 is 0 Å². The van der Waals surface area contributed by atoms with Crippen molar-refractivity contribution in [3.63, 3.8) is 0 Å². The number of carbonyl (C=O) groups excluding carboxylic acids is 1. The lowest BCUT2D eigenvalue weighted by Gasteiger charge is -2.01. The number of carbonyl (C=O) groups is 2. The van der Waals surface area contributed by atoms with Gasteiger partial charge in [-0.2, -0.15) is 0 Å². The third kappa shape index (κ3) is 5.16. The van der Waals surface area contributed by atoms with Gasteiger partial charge in [-0.15, -0.1) is 11.3 Å². The summed E-state index contributed by atoms with van der Waals surface area (Å²) in [6.45, 7) is 0.00890. The molecule has 0 aliphatic heterocycles. The number of carboxylic acids is 1. The van der Waals surface area contributed by atoms with Gasteiger partial charge in [-0.3, -0.25) is 4.79 Å². The first-order valence-electron chi connectivity index (χ1n) is 6.24. The fourth-order valence-corrected chi connectivity index (χ4v) is 2.64. The van der Waals surface area contributed by atoms with Gasteiger partial charge < -0.3 is 14.8 Å². The maximum Gasteiger partial charge on any atom is 0.355 e. The van der Waals surface area contributed by atoms with E-state index in [1.54, 1.807) is 0 Å². The lowest BCUT2D eigenvalue weighted by molar-refractivity contribution is 0.0691. The molecule has 2 aromatic rings. The number of sulfonamides is 1. The fourth-order valence-electron chi connectivity index (χ4n) is 1.53. The summed E-state index contributed by atoms with van der Waals surface area (Å²) >= 11 is 1.12. The van der Waals surface area contributed by atoms with E-state index in [2.05, 4.69) is 15.0 Å². The smallest absolute Gasteiger partial charge is 0.355 e. The largest absolute Gasteiger partial charge is 0.476 e. The molecular weight excluding hydrogens is 346 g/mol. The minimum Gasteiger partial charge on any atom is -0.476 e. The lowest BCUT2D eigenvalue weighted by Crippen LogP contribution is -2.22. The number of aromatic nitrogens is 1. The zero-order valence-electron chi connectivity index (χ0n) is 11.9. The molecule has 2 heterocycles. The molecule has 0 atom stereocenters. The summed E-state index contributed by atoms with van der Waals surface area (Å²) in [5.41, 5.74) is -0.0774. The van der Waals surface area contributed by atoms with Crippen LogP contribution in [0.2, 0.25) is 0 Å². The van der Waals surface area contributed by atoms with Crippen LogP contribution in [0.25, 0.3) is 0 Å². The van der Waals surface area contributed by atoms with Gasteiger partial charge in [-0.05, 0) is 12.1 Å². The minimum absolute atomic E-state index is 0.0188. The first-order valence-corrected chi connectivity index (χ1v) is 9.01. The van der Waals surface area contributed by atoms with Crippen LogP contribution in [0.15, 0.2) is 21.9 Å². The van der Waals surface area contributed by atoms with E-state index in [0.717, 1.165) is 17.6 Å². The molecule has 0 fully saturated rings. The van der Waals surface area contributed by atoms with Crippen LogP contribution in [0, 0.1) is 0 Å². The van der Waals surface area contributed by atoms with Gasteiger partial charge >= 0.3 is 5.97 Å². The third-order valence-electron chi connectivity index (χ3n) is 2.57. The van der Waals surface area contributed by atoms with E-state index in [9.17, 15) is 18.0 Å². The average molecular weight is 359 g/mol. The summed E-state index contributed by atoms with van der Waals surface area (Å²) in [4.78, 5) is 26.4. The molecule has 0 saturated carbocycles. The number of aromatic carboxylic acids is 1. The Balaban J connectivity index is 1.90. The Bertz CT molecular complexity index is 823. The summed E-state index contributed by atoms with van der Waals surface area (Å²) in [7, 11) is -3.35. The molecular formula is C12H13N3O6S2. The van der Waals surface area contributed by atoms with E-state index in [4.69, 9.17) is 9.52 Å². The predicted molar refractivity (Wildman–Crippen MR) is 80.6 cm³/mol. The molecule has 2 aromatic heterocycles. The quantitative estimate of drug-likeness (QED) is 0.651.